The first-order valence-electron chi connectivity index (χ1n) is 6.34. The first-order valence-corrected chi connectivity index (χ1v) is 6.34. The monoisotopic (exact) mass is 259 g/mol. The minimum Gasteiger partial charge on any atom is -0.263 e. The van der Waals surface area contributed by atoms with Crippen LogP contribution < -0.4 is 0 Å². The van der Waals surface area contributed by atoms with Gasteiger partial charge in [0.05, 0.1) is 6.04 Å². The van der Waals surface area contributed by atoms with Gasteiger partial charge in [-0.3, -0.25) is 4.90 Å². The third-order valence-electron chi connectivity index (χ3n) is 3.74. The summed E-state index contributed by atoms with van der Waals surface area (Å²) < 4.78 is 28.2. The van der Waals surface area contributed by atoms with Crippen LogP contribution in [0.25, 0.3) is 0 Å². The Balaban J connectivity index is 2.16. The molecule has 3 unspecified atom stereocenters. The Labute approximate surface area is 111 Å². The van der Waals surface area contributed by atoms with Crippen LogP contribution in [0, 0.1) is 0 Å². The van der Waals surface area contributed by atoms with Crippen LogP contribution in [0.5, 0.6) is 0 Å². The van der Waals surface area contributed by atoms with Crippen molar-refractivity contribution in [2.45, 2.75) is 18.5 Å². The average Bonchev–Trinajstić information content (AvgIpc) is 2.46. The van der Waals surface area contributed by atoms with Gasteiger partial charge in [-0.15, -0.1) is 0 Å². The Morgan fingerprint density at radius 1 is 0.842 bits per heavy atom. The molecule has 0 N–H and O–H groups in total. The van der Waals surface area contributed by atoms with Crippen LogP contribution in [0.15, 0.2) is 54.6 Å². The van der Waals surface area contributed by atoms with Crippen LogP contribution in [-0.2, 0) is 0 Å². The summed E-state index contributed by atoms with van der Waals surface area (Å²) in [7, 11) is 1.63. The van der Waals surface area contributed by atoms with Crippen molar-refractivity contribution in [3.05, 3.63) is 71.3 Å². The molecular weight excluding hydrogens is 244 g/mol. The minimum absolute atomic E-state index is 0.237. The molecule has 0 saturated heterocycles. The second kappa shape index (κ2) is 4.74. The molecule has 3 heteroatoms. The zero-order valence-corrected chi connectivity index (χ0v) is 10.6. The fraction of sp³-hybridized carbons (Fsp3) is 0.250. The van der Waals surface area contributed by atoms with E-state index in [1.165, 1.54) is 4.90 Å². The summed E-state index contributed by atoms with van der Waals surface area (Å²) in [4.78, 5) is 1.46. The second-order valence-electron chi connectivity index (χ2n) is 4.88. The molecule has 98 valence electrons. The lowest BCUT2D eigenvalue weighted by molar-refractivity contribution is -0.00321. The van der Waals surface area contributed by atoms with E-state index in [1.807, 2.05) is 42.5 Å². The zero-order valence-electron chi connectivity index (χ0n) is 10.6. The highest BCUT2D eigenvalue weighted by Gasteiger charge is 2.39. The third kappa shape index (κ3) is 1.94. The smallest absolute Gasteiger partial charge is 0.189 e. The number of rotatable bonds is 1. The molecule has 1 aliphatic heterocycles. The molecule has 0 saturated carbocycles. The standard InChI is InChI=1S/C16H15F2N/c1-19-15(11-7-3-2-4-8-11)13-10-6-5-9-12(13)14(17)16(19)18/h2-10,14-16H,1H3. The number of nitrogens with zero attached hydrogens (tertiary/aromatic N) is 1. The van der Waals surface area contributed by atoms with Crippen molar-refractivity contribution in [1.29, 1.82) is 0 Å². The van der Waals surface area contributed by atoms with Crippen LogP contribution in [-0.4, -0.2) is 18.2 Å². The van der Waals surface area contributed by atoms with Crippen LogP contribution in [0.4, 0.5) is 8.78 Å². The quantitative estimate of drug-likeness (QED) is 0.699. The summed E-state index contributed by atoms with van der Waals surface area (Å²) in [5.41, 5.74) is 2.28. The Bertz CT molecular complexity index is 570. The Morgan fingerprint density at radius 2 is 1.42 bits per heavy atom. The van der Waals surface area contributed by atoms with Gasteiger partial charge in [-0.2, -0.15) is 0 Å². The highest BCUT2D eigenvalue weighted by Crippen LogP contribution is 2.43. The number of hydrogen-bond donors (Lipinski definition) is 0. The van der Waals surface area contributed by atoms with Crippen molar-refractivity contribution in [3.63, 3.8) is 0 Å². The molecule has 1 nitrogen and oxygen atoms in total. The van der Waals surface area contributed by atoms with Gasteiger partial charge in [0.1, 0.15) is 0 Å². The van der Waals surface area contributed by atoms with Gasteiger partial charge in [-0.1, -0.05) is 54.6 Å². The van der Waals surface area contributed by atoms with Crippen LogP contribution in [0.2, 0.25) is 0 Å². The second-order valence-corrected chi connectivity index (χ2v) is 4.88. The first-order chi connectivity index (χ1) is 9.20. The normalized spacial score (nSPS) is 27.0. The van der Waals surface area contributed by atoms with E-state index in [4.69, 9.17) is 0 Å². The molecule has 3 atom stereocenters. The van der Waals surface area contributed by atoms with Gasteiger partial charge in [-0.25, -0.2) is 8.78 Å². The summed E-state index contributed by atoms with van der Waals surface area (Å²) in [5, 5.41) is 0. The maximum atomic E-state index is 14.1. The molecule has 0 fully saturated rings. The maximum absolute atomic E-state index is 14.1. The van der Waals surface area contributed by atoms with Gasteiger partial charge in [0.2, 0.25) is 0 Å². The molecule has 1 aliphatic rings. The van der Waals surface area contributed by atoms with E-state index in [0.29, 0.717) is 5.56 Å². The van der Waals surface area contributed by atoms with Crippen molar-refractivity contribution in [3.8, 4) is 0 Å². The average molecular weight is 259 g/mol. The van der Waals surface area contributed by atoms with Crippen LogP contribution >= 0.6 is 0 Å². The van der Waals surface area contributed by atoms with Gasteiger partial charge in [0, 0.05) is 0 Å². The molecule has 3 rings (SSSR count). The number of likely N-dealkylation sites (N-methyl/N-ethyl adjacent to an activating group) is 1. The topological polar surface area (TPSA) is 3.24 Å². The van der Waals surface area contributed by atoms with E-state index in [-0.39, 0.29) is 6.04 Å². The predicted octanol–water partition coefficient (Wildman–Crippen LogP) is 4.03. The molecule has 0 amide bonds. The van der Waals surface area contributed by atoms with E-state index >= 15 is 0 Å². The van der Waals surface area contributed by atoms with Crippen molar-refractivity contribution in [1.82, 2.24) is 4.90 Å². The van der Waals surface area contributed by atoms with E-state index < -0.39 is 12.5 Å². The van der Waals surface area contributed by atoms with Crippen molar-refractivity contribution >= 4 is 0 Å². The van der Waals surface area contributed by atoms with Gasteiger partial charge in [0.25, 0.3) is 0 Å². The summed E-state index contributed by atoms with van der Waals surface area (Å²) in [5.74, 6) is 0. The number of fused-ring (bicyclic) bond motifs is 1. The lowest BCUT2D eigenvalue weighted by atomic mass is 9.87. The number of benzene rings is 2. The fourth-order valence-corrected chi connectivity index (χ4v) is 2.78. The molecule has 0 aliphatic carbocycles. The lowest BCUT2D eigenvalue weighted by Gasteiger charge is -2.39. The van der Waals surface area contributed by atoms with Gasteiger partial charge in [0.15, 0.2) is 12.5 Å². The molecule has 2 aromatic rings. The summed E-state index contributed by atoms with van der Waals surface area (Å²) in [6.07, 6.45) is -3.19. The number of hydrogen-bond acceptors (Lipinski definition) is 1. The van der Waals surface area contributed by atoms with Crippen LogP contribution in [0.3, 0.4) is 0 Å². The zero-order chi connectivity index (χ0) is 13.4. The molecule has 0 spiro atoms. The maximum Gasteiger partial charge on any atom is 0.189 e. The summed E-state index contributed by atoms with van der Waals surface area (Å²) >= 11 is 0. The Kier molecular flexibility index (Phi) is 3.07. The fourth-order valence-electron chi connectivity index (χ4n) is 2.78. The van der Waals surface area contributed by atoms with Crippen molar-refractivity contribution < 1.29 is 8.78 Å². The summed E-state index contributed by atoms with van der Waals surface area (Å²) in [6, 6.07) is 16.6. The van der Waals surface area contributed by atoms with E-state index in [1.54, 1.807) is 19.2 Å². The molecule has 1 heterocycles. The van der Waals surface area contributed by atoms with Crippen molar-refractivity contribution in [2.75, 3.05) is 7.05 Å². The molecule has 19 heavy (non-hydrogen) atoms. The predicted molar refractivity (Wildman–Crippen MR) is 71.2 cm³/mol. The Morgan fingerprint density at radius 3 is 2.11 bits per heavy atom. The molecule has 0 radical (unpaired) electrons. The highest BCUT2D eigenvalue weighted by molar-refractivity contribution is 5.41. The lowest BCUT2D eigenvalue weighted by Crippen LogP contribution is -2.40. The van der Waals surface area contributed by atoms with E-state index in [2.05, 4.69) is 0 Å². The SMILES string of the molecule is CN1C(c2ccccc2)c2ccccc2C(F)C1F. The first kappa shape index (κ1) is 12.3. The molecular formula is C16H15F2N. The summed E-state index contributed by atoms with van der Waals surface area (Å²) in [6.45, 7) is 0. The third-order valence-corrected chi connectivity index (χ3v) is 3.74. The highest BCUT2D eigenvalue weighted by atomic mass is 19.2. The molecule has 0 bridgehead atoms. The van der Waals surface area contributed by atoms with Gasteiger partial charge >= 0.3 is 0 Å². The molecule has 0 aromatic heterocycles. The number of alkyl halides is 2. The van der Waals surface area contributed by atoms with Gasteiger partial charge < -0.3 is 0 Å². The molecule has 2 aromatic carbocycles. The minimum atomic E-state index is -1.61. The van der Waals surface area contributed by atoms with E-state index in [9.17, 15) is 8.78 Å². The van der Waals surface area contributed by atoms with Gasteiger partial charge in [-0.05, 0) is 23.7 Å². The Hall–Kier alpha value is -1.74. The van der Waals surface area contributed by atoms with E-state index in [0.717, 1.165) is 11.1 Å². The van der Waals surface area contributed by atoms with Crippen molar-refractivity contribution in [2.24, 2.45) is 0 Å². The largest absolute Gasteiger partial charge is 0.263 e. The van der Waals surface area contributed by atoms with Crippen LogP contribution in [0.1, 0.15) is 28.9 Å². The number of halogens is 2.